The first-order valence-electron chi connectivity index (χ1n) is 22.1. The van der Waals surface area contributed by atoms with Crippen LogP contribution in [0.15, 0.2) is 121 Å². The Bertz CT molecular complexity index is 2530. The smallest absolute Gasteiger partial charge is 0.315 e. The minimum absolute atomic E-state index is 0.0764. The largest absolute Gasteiger partial charge is 0.484 e. The molecular formula is C51H52FN5O9S. The number of ketones is 1. The van der Waals surface area contributed by atoms with Gasteiger partial charge in [0.25, 0.3) is 11.8 Å². The summed E-state index contributed by atoms with van der Waals surface area (Å²) in [6.45, 7) is 1.83. The van der Waals surface area contributed by atoms with Gasteiger partial charge in [-0.25, -0.2) is 9.18 Å². The Morgan fingerprint density at radius 3 is 2.04 bits per heavy atom. The first kappa shape index (κ1) is 47.8. The van der Waals surface area contributed by atoms with E-state index in [9.17, 15) is 28.8 Å². The zero-order valence-corrected chi connectivity index (χ0v) is 37.7. The van der Waals surface area contributed by atoms with Crippen LogP contribution < -0.4 is 36.1 Å². The molecule has 14 nitrogen and oxygen atoms in total. The standard InChI is InChI=1S/C51H52FN5O9S/c1-32(50(62)66-28-33-7-3-2-4-8-33)37-17-24-41(42(52)27-37)34-11-18-38(19-12-34)55-47(60)30-65-40-22-15-36(16-23-40)49(61)35-13-20-39(21-14-35)64-29-46(59)54-26-25-53-45(58)10-6-5-9-44-48-43(31-67-44)56-51(63)57-48/h2-4,7-8,11-24,27,32,43-44,48H,5-6,9-10,25-26,28-31H2,1H3,(H,53,58)(H,54,59)(H,55,60)(H2,56,57,63)/t32?,43-,44-,48-/m1/s1. The molecule has 0 aromatic heterocycles. The fraction of sp³-hybridized carbons (Fsp3) is 0.294. The lowest BCUT2D eigenvalue weighted by molar-refractivity contribution is -0.146. The molecule has 7 rings (SSSR count). The lowest BCUT2D eigenvalue weighted by Crippen LogP contribution is -2.37. The second-order valence-corrected chi connectivity index (χ2v) is 17.5. The maximum absolute atomic E-state index is 15.2. The molecule has 2 saturated heterocycles. The number of hydrogen-bond donors (Lipinski definition) is 5. The van der Waals surface area contributed by atoms with Gasteiger partial charge in [0.05, 0.1) is 18.0 Å². The zero-order chi connectivity index (χ0) is 47.1. The van der Waals surface area contributed by atoms with E-state index in [1.807, 2.05) is 42.1 Å². The molecule has 2 aliphatic rings. The van der Waals surface area contributed by atoms with Crippen molar-refractivity contribution in [1.82, 2.24) is 21.3 Å². The normalized spacial score (nSPS) is 16.4. The van der Waals surface area contributed by atoms with Gasteiger partial charge >= 0.3 is 12.0 Å². The van der Waals surface area contributed by atoms with Gasteiger partial charge in [-0.05, 0) is 103 Å². The molecule has 2 heterocycles. The molecule has 5 aromatic rings. The molecule has 1 unspecified atom stereocenters. The highest BCUT2D eigenvalue weighted by Crippen LogP contribution is 2.33. The lowest BCUT2D eigenvalue weighted by atomic mass is 9.97. The molecule has 0 bridgehead atoms. The van der Waals surface area contributed by atoms with Crippen molar-refractivity contribution in [2.45, 2.75) is 62.5 Å². The van der Waals surface area contributed by atoms with E-state index >= 15 is 4.39 Å². The van der Waals surface area contributed by atoms with E-state index in [1.165, 1.54) is 6.07 Å². The highest BCUT2D eigenvalue weighted by Gasteiger charge is 2.42. The van der Waals surface area contributed by atoms with E-state index in [2.05, 4.69) is 26.6 Å². The van der Waals surface area contributed by atoms with Gasteiger partial charge in [-0.15, -0.1) is 0 Å². The maximum atomic E-state index is 15.2. The third-order valence-corrected chi connectivity index (χ3v) is 12.9. The number of nitrogens with one attached hydrogen (secondary N) is 5. The number of anilines is 1. The van der Waals surface area contributed by atoms with E-state index in [0.717, 1.165) is 30.6 Å². The maximum Gasteiger partial charge on any atom is 0.315 e. The van der Waals surface area contributed by atoms with Crippen molar-refractivity contribution in [2.24, 2.45) is 0 Å². The van der Waals surface area contributed by atoms with Crippen LogP contribution in [0.3, 0.4) is 0 Å². The fourth-order valence-electron chi connectivity index (χ4n) is 7.64. The van der Waals surface area contributed by atoms with Crippen molar-refractivity contribution in [3.8, 4) is 22.6 Å². The second-order valence-electron chi connectivity index (χ2n) is 16.2. The number of benzene rings is 5. The van der Waals surface area contributed by atoms with E-state index in [0.29, 0.717) is 63.2 Å². The van der Waals surface area contributed by atoms with Gasteiger partial charge in [0.15, 0.2) is 19.0 Å². The zero-order valence-electron chi connectivity index (χ0n) is 36.9. The Morgan fingerprint density at radius 1 is 0.746 bits per heavy atom. The molecule has 348 valence electrons. The number of ether oxygens (including phenoxy) is 3. The number of carbonyl (C=O) groups excluding carboxylic acids is 6. The number of carbonyl (C=O) groups is 6. The number of unbranched alkanes of at least 4 members (excludes halogenated alkanes) is 1. The quantitative estimate of drug-likeness (QED) is 0.0211. The van der Waals surface area contributed by atoms with Gasteiger partial charge in [0.2, 0.25) is 5.91 Å². The van der Waals surface area contributed by atoms with Crippen LogP contribution in [0.25, 0.3) is 11.1 Å². The van der Waals surface area contributed by atoms with Crippen LogP contribution in [0, 0.1) is 5.82 Å². The molecule has 4 atom stereocenters. The van der Waals surface area contributed by atoms with Crippen molar-refractivity contribution in [3.63, 3.8) is 0 Å². The van der Waals surface area contributed by atoms with Crippen LogP contribution in [0.1, 0.15) is 65.6 Å². The van der Waals surface area contributed by atoms with Crippen molar-refractivity contribution in [3.05, 3.63) is 149 Å². The average molecular weight is 930 g/mol. The Kier molecular flexibility index (Phi) is 16.6. The molecule has 2 fully saturated rings. The summed E-state index contributed by atoms with van der Waals surface area (Å²) in [4.78, 5) is 74.5. The number of amides is 5. The summed E-state index contributed by atoms with van der Waals surface area (Å²) in [5, 5.41) is 14.6. The van der Waals surface area contributed by atoms with Crippen molar-refractivity contribution >= 4 is 53.0 Å². The van der Waals surface area contributed by atoms with Gasteiger partial charge in [-0.3, -0.25) is 24.0 Å². The summed E-state index contributed by atoms with van der Waals surface area (Å²) in [5.41, 5.74) is 3.58. The van der Waals surface area contributed by atoms with Gasteiger partial charge in [0.1, 0.15) is 23.9 Å². The number of thioether (sulfide) groups is 1. The van der Waals surface area contributed by atoms with E-state index in [-0.39, 0.29) is 62.1 Å². The van der Waals surface area contributed by atoms with Crippen LogP contribution in [-0.2, 0) is 30.5 Å². The number of urea groups is 1. The minimum atomic E-state index is -0.657. The highest BCUT2D eigenvalue weighted by molar-refractivity contribution is 8.00. The topological polar surface area (TPSA) is 190 Å². The van der Waals surface area contributed by atoms with E-state index in [4.69, 9.17) is 14.2 Å². The molecule has 16 heteroatoms. The predicted molar refractivity (Wildman–Crippen MR) is 252 cm³/mol. The number of hydrogen-bond acceptors (Lipinski definition) is 10. The number of esters is 1. The summed E-state index contributed by atoms with van der Waals surface area (Å²) in [6, 6.07) is 33.7. The Balaban J connectivity index is 0.759. The monoisotopic (exact) mass is 929 g/mol. The van der Waals surface area contributed by atoms with Crippen LogP contribution in [0.2, 0.25) is 0 Å². The second kappa shape index (κ2) is 23.3. The molecule has 5 N–H and O–H groups in total. The van der Waals surface area contributed by atoms with Crippen LogP contribution >= 0.6 is 11.8 Å². The number of halogens is 1. The lowest BCUT2D eigenvalue weighted by Gasteiger charge is -2.16. The average Bonchev–Trinajstić information content (AvgIpc) is 3.91. The first-order chi connectivity index (χ1) is 32.5. The van der Waals surface area contributed by atoms with Crippen LogP contribution in [-0.4, -0.2) is 84.9 Å². The van der Waals surface area contributed by atoms with Crippen LogP contribution in [0.4, 0.5) is 14.9 Å². The first-order valence-corrected chi connectivity index (χ1v) is 23.2. The van der Waals surface area contributed by atoms with Crippen LogP contribution in [0.5, 0.6) is 11.5 Å². The molecule has 0 radical (unpaired) electrons. The summed E-state index contributed by atoms with van der Waals surface area (Å²) < 4.78 is 31.9. The third kappa shape index (κ3) is 13.7. The van der Waals surface area contributed by atoms with Crippen molar-refractivity contribution in [1.29, 1.82) is 0 Å². The Hall–Kier alpha value is -7.20. The van der Waals surface area contributed by atoms with Crippen molar-refractivity contribution < 1.29 is 47.4 Å². The number of fused-ring (bicyclic) bond motifs is 1. The molecule has 0 saturated carbocycles. The molecule has 67 heavy (non-hydrogen) atoms. The molecular weight excluding hydrogens is 878 g/mol. The van der Waals surface area contributed by atoms with E-state index < -0.39 is 23.6 Å². The van der Waals surface area contributed by atoms with Gasteiger partial charge < -0.3 is 40.8 Å². The SMILES string of the molecule is CC(C(=O)OCc1ccccc1)c1ccc(-c2ccc(NC(=O)COc3ccc(C(=O)c4ccc(OCC(=O)NCCNC(=O)CCCC[C@H]5SC[C@H]6NC(=O)N[C@H]65)cc4)cc3)cc2)c(F)c1. The summed E-state index contributed by atoms with van der Waals surface area (Å²) in [7, 11) is 0. The highest BCUT2D eigenvalue weighted by atomic mass is 32.2. The minimum Gasteiger partial charge on any atom is -0.484 e. The summed E-state index contributed by atoms with van der Waals surface area (Å²) in [5.74, 6) is -0.997. The summed E-state index contributed by atoms with van der Waals surface area (Å²) >= 11 is 1.86. The summed E-state index contributed by atoms with van der Waals surface area (Å²) in [6.07, 6.45) is 2.99. The molecule has 0 spiro atoms. The van der Waals surface area contributed by atoms with Gasteiger partial charge in [-0.1, -0.05) is 61.0 Å². The molecule has 5 aromatic carbocycles. The fourth-order valence-corrected chi connectivity index (χ4v) is 9.19. The predicted octanol–water partition coefficient (Wildman–Crippen LogP) is 6.93. The van der Waals surface area contributed by atoms with Gasteiger partial charge in [0, 0.05) is 52.9 Å². The molecule has 2 aliphatic heterocycles. The molecule has 0 aliphatic carbocycles. The van der Waals surface area contributed by atoms with Crippen molar-refractivity contribution in [2.75, 3.05) is 37.4 Å². The Morgan fingerprint density at radius 2 is 1.39 bits per heavy atom. The Labute approximate surface area is 392 Å². The van der Waals surface area contributed by atoms with Gasteiger partial charge in [-0.2, -0.15) is 11.8 Å². The third-order valence-electron chi connectivity index (χ3n) is 11.4. The van der Waals surface area contributed by atoms with E-state index in [1.54, 1.807) is 91.9 Å². The number of rotatable bonds is 22. The molecule has 5 amide bonds.